The normalized spacial score (nSPS) is 11.5. The second-order valence-electron chi connectivity index (χ2n) is 4.85. The van der Waals surface area contributed by atoms with Crippen molar-refractivity contribution in [2.24, 2.45) is 0 Å². The molecular weight excluding hydrogens is 318 g/mol. The fourth-order valence-corrected chi connectivity index (χ4v) is 2.35. The summed E-state index contributed by atoms with van der Waals surface area (Å²) < 4.78 is 51.1. The first kappa shape index (κ1) is 16.4. The monoisotopic (exact) mass is 329 g/mol. The minimum Gasteiger partial charge on any atom is -0.359 e. The Kier molecular flexibility index (Phi) is 4.47. The third kappa shape index (κ3) is 3.09. The molecule has 2 aromatic carbocycles. The molecule has 0 atom stereocenters. The molecule has 0 aliphatic heterocycles. The van der Waals surface area contributed by atoms with Crippen molar-refractivity contribution in [1.29, 1.82) is 0 Å². The lowest BCUT2D eigenvalue weighted by Crippen LogP contribution is -2.04. The van der Waals surface area contributed by atoms with Crippen molar-refractivity contribution < 1.29 is 17.6 Å². The van der Waals surface area contributed by atoms with Crippen LogP contribution in [-0.4, -0.2) is 4.98 Å². The largest absolute Gasteiger partial charge is 0.416 e. The van der Waals surface area contributed by atoms with Crippen LogP contribution in [0.25, 0.3) is 10.9 Å². The zero-order valence-corrected chi connectivity index (χ0v) is 12.1. The van der Waals surface area contributed by atoms with Crippen LogP contribution < -0.4 is 0 Å². The predicted molar refractivity (Wildman–Crippen MR) is 79.8 cm³/mol. The van der Waals surface area contributed by atoms with Gasteiger partial charge in [0, 0.05) is 11.6 Å². The molecule has 1 nitrogen and oxygen atoms in total. The first-order valence-corrected chi connectivity index (χ1v) is 6.36. The van der Waals surface area contributed by atoms with Gasteiger partial charge in [-0.05, 0) is 35.7 Å². The molecule has 1 aromatic heterocycles. The van der Waals surface area contributed by atoms with Gasteiger partial charge in [-0.2, -0.15) is 13.2 Å². The molecule has 0 bridgehead atoms. The number of H-pyrrole nitrogens is 1. The van der Waals surface area contributed by atoms with Crippen molar-refractivity contribution in [3.8, 4) is 0 Å². The maximum absolute atomic E-state index is 13.6. The van der Waals surface area contributed by atoms with Crippen LogP contribution in [-0.2, 0) is 12.6 Å². The highest BCUT2D eigenvalue weighted by molar-refractivity contribution is 5.85. The van der Waals surface area contributed by atoms with Gasteiger partial charge in [0.1, 0.15) is 5.82 Å². The molecule has 0 aliphatic rings. The number of halogens is 5. The third-order valence-corrected chi connectivity index (χ3v) is 3.43. The Morgan fingerprint density at radius 2 is 1.64 bits per heavy atom. The van der Waals surface area contributed by atoms with E-state index in [-0.39, 0.29) is 18.2 Å². The van der Waals surface area contributed by atoms with Crippen LogP contribution in [0.4, 0.5) is 17.6 Å². The van der Waals surface area contributed by atoms with E-state index >= 15 is 0 Å². The number of rotatable bonds is 2. The molecule has 0 radical (unpaired) electrons. The fourth-order valence-electron chi connectivity index (χ4n) is 2.35. The number of fused-ring (bicyclic) bond motifs is 1. The van der Waals surface area contributed by atoms with Crippen molar-refractivity contribution in [3.63, 3.8) is 0 Å². The molecule has 1 N–H and O–H groups in total. The molecule has 116 valence electrons. The highest BCUT2D eigenvalue weighted by Gasteiger charge is 2.29. The minimum absolute atomic E-state index is 0. The molecule has 0 saturated carbocycles. The Balaban J connectivity index is 0.00000176. The number of aromatic amines is 1. The van der Waals surface area contributed by atoms with Gasteiger partial charge in [0.25, 0.3) is 0 Å². The van der Waals surface area contributed by atoms with Crippen molar-refractivity contribution in [2.75, 3.05) is 0 Å². The van der Waals surface area contributed by atoms with Crippen molar-refractivity contribution >= 4 is 23.3 Å². The number of hydrogen-bond acceptors (Lipinski definition) is 0. The number of hydrogen-bond donors (Lipinski definition) is 1. The number of alkyl halides is 3. The summed E-state index contributed by atoms with van der Waals surface area (Å²) in [6.45, 7) is 0. The summed E-state index contributed by atoms with van der Waals surface area (Å²) in [5.41, 5.74) is 1.34. The summed E-state index contributed by atoms with van der Waals surface area (Å²) in [7, 11) is 0. The van der Waals surface area contributed by atoms with Crippen molar-refractivity contribution in [3.05, 3.63) is 71.2 Å². The predicted octanol–water partition coefficient (Wildman–Crippen LogP) is 5.34. The fraction of sp³-hybridized carbons (Fsp3) is 0.125. The van der Waals surface area contributed by atoms with Gasteiger partial charge in [-0.3, -0.25) is 0 Å². The zero-order valence-electron chi connectivity index (χ0n) is 11.2. The Bertz CT molecular complexity index is 775. The molecule has 0 aliphatic carbocycles. The quantitative estimate of drug-likeness (QED) is 0.611. The highest BCUT2D eigenvalue weighted by Crippen LogP contribution is 2.30. The second-order valence-corrected chi connectivity index (χ2v) is 4.85. The molecule has 0 unspecified atom stereocenters. The van der Waals surface area contributed by atoms with Crippen molar-refractivity contribution in [1.82, 2.24) is 4.98 Å². The smallest absolute Gasteiger partial charge is 0.359 e. The number of benzene rings is 2. The van der Waals surface area contributed by atoms with E-state index < -0.39 is 11.7 Å². The SMILES string of the molecule is Cl.Fc1cccc2c(Cc3ccc(C(F)(F)F)cc3)c[nH]c12. The summed E-state index contributed by atoms with van der Waals surface area (Å²) in [4.78, 5) is 2.86. The van der Waals surface area contributed by atoms with Crippen LogP contribution in [0.2, 0.25) is 0 Å². The van der Waals surface area contributed by atoms with Gasteiger partial charge in [-0.1, -0.05) is 24.3 Å². The lowest BCUT2D eigenvalue weighted by molar-refractivity contribution is -0.137. The summed E-state index contributed by atoms with van der Waals surface area (Å²) in [5, 5.41) is 0.745. The van der Waals surface area contributed by atoms with Gasteiger partial charge in [0.2, 0.25) is 0 Å². The molecule has 1 heterocycles. The van der Waals surface area contributed by atoms with E-state index in [1.165, 1.54) is 18.2 Å². The first-order valence-electron chi connectivity index (χ1n) is 6.36. The first-order chi connectivity index (χ1) is 9.95. The summed E-state index contributed by atoms with van der Waals surface area (Å²) in [5.74, 6) is -0.342. The summed E-state index contributed by atoms with van der Waals surface area (Å²) >= 11 is 0. The molecular formula is C16H12ClF4N. The maximum atomic E-state index is 13.6. The average Bonchev–Trinajstić information content (AvgIpc) is 2.83. The third-order valence-electron chi connectivity index (χ3n) is 3.43. The Morgan fingerprint density at radius 3 is 2.27 bits per heavy atom. The van der Waals surface area contributed by atoms with Gasteiger partial charge in [0.15, 0.2) is 0 Å². The molecule has 6 heteroatoms. The van der Waals surface area contributed by atoms with Gasteiger partial charge >= 0.3 is 6.18 Å². The molecule has 0 amide bonds. The van der Waals surface area contributed by atoms with Crippen LogP contribution >= 0.6 is 12.4 Å². The van der Waals surface area contributed by atoms with Gasteiger partial charge in [-0.15, -0.1) is 12.4 Å². The van der Waals surface area contributed by atoms with E-state index in [1.54, 1.807) is 18.3 Å². The second kappa shape index (κ2) is 6.01. The molecule has 22 heavy (non-hydrogen) atoms. The lowest BCUT2D eigenvalue weighted by Gasteiger charge is -2.07. The van der Waals surface area contributed by atoms with Crippen LogP contribution in [0.3, 0.4) is 0 Å². The van der Waals surface area contributed by atoms with E-state index in [1.807, 2.05) is 0 Å². The van der Waals surface area contributed by atoms with E-state index in [2.05, 4.69) is 4.98 Å². The molecule has 0 saturated heterocycles. The molecule has 0 fully saturated rings. The Hall–Kier alpha value is -2.01. The van der Waals surface area contributed by atoms with Crippen LogP contribution in [0.15, 0.2) is 48.7 Å². The van der Waals surface area contributed by atoms with Crippen LogP contribution in [0.5, 0.6) is 0 Å². The van der Waals surface area contributed by atoms with Gasteiger partial charge < -0.3 is 4.98 Å². The van der Waals surface area contributed by atoms with Crippen LogP contribution in [0.1, 0.15) is 16.7 Å². The standard InChI is InChI=1S/C16H11F4N.ClH/c17-14-3-1-2-13-11(9-21-15(13)14)8-10-4-6-12(7-5-10)16(18,19)20;/h1-7,9,21H,8H2;1H. The zero-order chi connectivity index (χ0) is 15.0. The van der Waals surface area contributed by atoms with E-state index in [0.29, 0.717) is 11.9 Å². The molecule has 3 aromatic rings. The molecule has 0 spiro atoms. The Labute approximate surface area is 130 Å². The van der Waals surface area contributed by atoms with E-state index in [0.717, 1.165) is 28.6 Å². The summed E-state index contributed by atoms with van der Waals surface area (Å²) in [6.07, 6.45) is -2.20. The number of nitrogens with one attached hydrogen (secondary N) is 1. The summed E-state index contributed by atoms with van der Waals surface area (Å²) in [6, 6.07) is 9.77. The minimum atomic E-state index is -4.33. The highest BCUT2D eigenvalue weighted by atomic mass is 35.5. The maximum Gasteiger partial charge on any atom is 0.416 e. The molecule has 3 rings (SSSR count). The Morgan fingerprint density at radius 1 is 0.955 bits per heavy atom. The van der Waals surface area contributed by atoms with Gasteiger partial charge in [0.05, 0.1) is 11.1 Å². The van der Waals surface area contributed by atoms with Gasteiger partial charge in [-0.25, -0.2) is 4.39 Å². The topological polar surface area (TPSA) is 15.8 Å². The lowest BCUT2D eigenvalue weighted by atomic mass is 10.0. The van der Waals surface area contributed by atoms with Crippen molar-refractivity contribution in [2.45, 2.75) is 12.6 Å². The number of aromatic nitrogens is 1. The average molecular weight is 330 g/mol. The van der Waals surface area contributed by atoms with Crippen LogP contribution in [0, 0.1) is 5.82 Å². The number of para-hydroxylation sites is 1. The van der Waals surface area contributed by atoms with E-state index in [4.69, 9.17) is 0 Å². The van der Waals surface area contributed by atoms with E-state index in [9.17, 15) is 17.6 Å².